The Morgan fingerprint density at radius 3 is 2.03 bits per heavy atom. The Morgan fingerprint density at radius 1 is 0.966 bits per heavy atom. The number of pyridine rings is 1. The zero-order valence-corrected chi connectivity index (χ0v) is 20.3. The van der Waals surface area contributed by atoms with Crippen molar-refractivity contribution in [1.29, 1.82) is 0 Å². The van der Waals surface area contributed by atoms with Crippen LogP contribution in [0.1, 0.15) is 69.4 Å². The number of nitrogens with zero attached hydrogens (tertiary/aromatic N) is 1. The minimum atomic E-state index is -1.91. The number of hydrogen-bond donors (Lipinski definition) is 0. The number of carbonyl (C=O) groups is 1. The van der Waals surface area contributed by atoms with Gasteiger partial charge in [-0.05, 0) is 59.9 Å². The molecule has 0 amide bonds. The molecule has 1 atom stereocenters. The summed E-state index contributed by atoms with van der Waals surface area (Å²) in [4.78, 5) is 17.6. The zero-order chi connectivity index (χ0) is 22.0. The lowest BCUT2D eigenvalue weighted by atomic mass is 9.86. The topological polar surface area (TPSA) is 48.4 Å². The number of hydrogen-bond acceptors (Lipinski definition) is 4. The van der Waals surface area contributed by atoms with E-state index < -0.39 is 8.32 Å². The molecule has 1 aromatic heterocycles. The quantitative estimate of drug-likeness (QED) is 0.404. The van der Waals surface area contributed by atoms with Crippen molar-refractivity contribution in [3.05, 3.63) is 59.4 Å². The molecule has 4 nitrogen and oxygen atoms in total. The number of rotatable bonds is 6. The van der Waals surface area contributed by atoms with Crippen LogP contribution in [0.15, 0.2) is 42.5 Å². The first-order chi connectivity index (χ1) is 13.3. The molecule has 0 aliphatic carbocycles. The van der Waals surface area contributed by atoms with E-state index in [-0.39, 0.29) is 22.3 Å². The minimum absolute atomic E-state index is 0.102. The van der Waals surface area contributed by atoms with Crippen LogP contribution in [0.4, 0.5) is 0 Å². The van der Waals surface area contributed by atoms with Crippen molar-refractivity contribution in [3.63, 3.8) is 0 Å². The summed E-state index contributed by atoms with van der Waals surface area (Å²) in [5.74, 6) is 0.705. The lowest BCUT2D eigenvalue weighted by molar-refractivity contribution is 0.0120. The Morgan fingerprint density at radius 2 is 1.55 bits per heavy atom. The van der Waals surface area contributed by atoms with Crippen LogP contribution in [0, 0.1) is 5.41 Å². The second-order valence-electron chi connectivity index (χ2n) is 10.1. The molecule has 1 heterocycles. The molecule has 0 aliphatic rings. The van der Waals surface area contributed by atoms with Crippen LogP contribution in [0.5, 0.6) is 5.75 Å². The van der Waals surface area contributed by atoms with Crippen molar-refractivity contribution in [2.24, 2.45) is 5.41 Å². The Hall–Kier alpha value is -1.98. The highest BCUT2D eigenvalue weighted by atomic mass is 28.4. The van der Waals surface area contributed by atoms with Crippen LogP contribution in [-0.2, 0) is 4.74 Å². The number of benzene rings is 1. The van der Waals surface area contributed by atoms with E-state index in [1.165, 1.54) is 0 Å². The lowest BCUT2D eigenvalue weighted by Gasteiger charge is -2.36. The van der Waals surface area contributed by atoms with Crippen LogP contribution in [0.2, 0.25) is 18.1 Å². The molecule has 0 radical (unpaired) electrons. The number of carbonyl (C=O) groups excluding carboxylic acids is 1. The molecular weight excluding hydrogens is 378 g/mol. The predicted molar refractivity (Wildman–Crippen MR) is 121 cm³/mol. The second-order valence-corrected chi connectivity index (χ2v) is 14.9. The van der Waals surface area contributed by atoms with Gasteiger partial charge in [-0.25, -0.2) is 4.98 Å². The summed E-state index contributed by atoms with van der Waals surface area (Å²) in [6.07, 6.45) is -0.185. The van der Waals surface area contributed by atoms with E-state index in [9.17, 15) is 4.79 Å². The molecule has 0 fully saturated rings. The number of methoxy groups -OCH3 is 1. The largest absolute Gasteiger partial charge is 0.544 e. The molecule has 0 saturated heterocycles. The van der Waals surface area contributed by atoms with Crippen molar-refractivity contribution < 1.29 is 14.0 Å². The van der Waals surface area contributed by atoms with Gasteiger partial charge in [-0.15, -0.1) is 0 Å². The monoisotopic (exact) mass is 413 g/mol. The van der Waals surface area contributed by atoms with Crippen molar-refractivity contribution >= 4 is 14.1 Å². The summed E-state index contributed by atoms with van der Waals surface area (Å²) in [5.41, 5.74) is 1.67. The maximum absolute atomic E-state index is 13.0. The maximum Gasteiger partial charge on any atom is 0.250 e. The summed E-state index contributed by atoms with van der Waals surface area (Å²) < 4.78 is 11.9. The van der Waals surface area contributed by atoms with E-state index in [1.54, 1.807) is 13.2 Å². The van der Waals surface area contributed by atoms with Crippen molar-refractivity contribution in [1.82, 2.24) is 4.98 Å². The third-order valence-corrected chi connectivity index (χ3v) is 9.95. The first-order valence-electron chi connectivity index (χ1n) is 10.1. The van der Waals surface area contributed by atoms with Gasteiger partial charge in [0.2, 0.25) is 14.1 Å². The minimum Gasteiger partial charge on any atom is -0.544 e. The predicted octanol–water partition coefficient (Wildman–Crippen LogP) is 6.43. The number of ether oxygens (including phenoxy) is 1. The Labute approximate surface area is 176 Å². The van der Waals surface area contributed by atoms with Gasteiger partial charge in [0, 0.05) is 12.7 Å². The normalized spacial score (nSPS) is 13.8. The van der Waals surface area contributed by atoms with Gasteiger partial charge in [-0.3, -0.25) is 4.79 Å². The van der Waals surface area contributed by atoms with Gasteiger partial charge >= 0.3 is 0 Å². The first-order valence-corrected chi connectivity index (χ1v) is 13.0. The van der Waals surface area contributed by atoms with Gasteiger partial charge in [-0.1, -0.05) is 47.6 Å². The third kappa shape index (κ3) is 5.55. The molecule has 0 aliphatic heterocycles. The molecule has 1 unspecified atom stereocenters. The van der Waals surface area contributed by atoms with Crippen LogP contribution < -0.4 is 4.43 Å². The smallest absolute Gasteiger partial charge is 0.250 e. The van der Waals surface area contributed by atoms with Gasteiger partial charge in [0.05, 0.1) is 5.69 Å². The van der Waals surface area contributed by atoms with Crippen LogP contribution >= 0.6 is 0 Å². The van der Waals surface area contributed by atoms with Crippen LogP contribution in [-0.4, -0.2) is 26.2 Å². The molecule has 0 spiro atoms. The second kappa shape index (κ2) is 8.40. The highest BCUT2D eigenvalue weighted by Gasteiger charge is 2.39. The molecule has 5 heteroatoms. The van der Waals surface area contributed by atoms with E-state index in [0.717, 1.165) is 11.4 Å². The van der Waals surface area contributed by atoms with E-state index >= 15 is 0 Å². The Kier molecular flexibility index (Phi) is 6.75. The highest BCUT2D eigenvalue weighted by Crippen LogP contribution is 2.37. The summed E-state index contributed by atoms with van der Waals surface area (Å²) in [6, 6.07) is 12.9. The molecule has 2 rings (SSSR count). The van der Waals surface area contributed by atoms with E-state index in [2.05, 4.69) is 59.6 Å². The Bertz CT molecular complexity index is 846. The van der Waals surface area contributed by atoms with Gasteiger partial charge in [0.25, 0.3) is 0 Å². The SMILES string of the molecule is COC(c1cccc(C(=O)c2ccc(O[Si](C)(C)C(C)(C)C)cc2)n1)C(C)(C)C. The summed E-state index contributed by atoms with van der Waals surface area (Å²) in [5, 5.41) is 0.122. The third-order valence-electron chi connectivity index (χ3n) is 5.59. The van der Waals surface area contributed by atoms with E-state index in [1.807, 2.05) is 36.4 Å². The van der Waals surface area contributed by atoms with Crippen LogP contribution in [0.25, 0.3) is 0 Å². The fourth-order valence-corrected chi connectivity index (χ4v) is 3.94. The first kappa shape index (κ1) is 23.3. The average Bonchev–Trinajstić information content (AvgIpc) is 2.60. The van der Waals surface area contributed by atoms with Gasteiger partial charge in [-0.2, -0.15) is 0 Å². The van der Waals surface area contributed by atoms with Gasteiger partial charge in [0.1, 0.15) is 17.5 Å². The average molecular weight is 414 g/mol. The van der Waals surface area contributed by atoms with Gasteiger partial charge in [0.15, 0.2) is 0 Å². The molecule has 158 valence electrons. The fourth-order valence-electron chi connectivity index (χ4n) is 2.91. The summed E-state index contributed by atoms with van der Waals surface area (Å²) in [6.45, 7) is 17.3. The standard InChI is InChI=1S/C24H35NO3Si/c1-23(2,3)22(27-7)20-12-10-11-19(25-20)21(26)17-13-15-18(16-14-17)28-29(8,9)24(4,5)6/h10-16,22H,1-9H3. The molecular formula is C24H35NO3Si. The fraction of sp³-hybridized carbons (Fsp3) is 0.500. The van der Waals surface area contributed by atoms with Crippen molar-refractivity contribution in [2.45, 2.75) is 65.8 Å². The molecule has 0 bridgehead atoms. The Balaban J connectivity index is 2.24. The van der Waals surface area contributed by atoms with Crippen molar-refractivity contribution in [3.8, 4) is 5.75 Å². The van der Waals surface area contributed by atoms with E-state index in [4.69, 9.17) is 9.16 Å². The lowest BCUT2D eigenvalue weighted by Crippen LogP contribution is -2.43. The van der Waals surface area contributed by atoms with Gasteiger partial charge < -0.3 is 9.16 Å². The molecule has 29 heavy (non-hydrogen) atoms. The van der Waals surface area contributed by atoms with Crippen LogP contribution in [0.3, 0.4) is 0 Å². The summed E-state index contributed by atoms with van der Waals surface area (Å²) in [7, 11) is -0.234. The molecule has 2 aromatic rings. The maximum atomic E-state index is 13.0. The highest BCUT2D eigenvalue weighted by molar-refractivity contribution is 6.74. The number of aromatic nitrogens is 1. The zero-order valence-electron chi connectivity index (χ0n) is 19.3. The molecule has 1 aromatic carbocycles. The molecule has 0 N–H and O–H groups in total. The van der Waals surface area contributed by atoms with E-state index in [0.29, 0.717) is 11.3 Å². The van der Waals surface area contributed by atoms with Crippen molar-refractivity contribution in [2.75, 3.05) is 7.11 Å². The summed E-state index contributed by atoms with van der Waals surface area (Å²) >= 11 is 0. The number of ketones is 1. The molecule has 0 saturated carbocycles.